The Morgan fingerprint density at radius 2 is 1.80 bits per heavy atom. The first-order chi connectivity index (χ1) is 16.9. The van der Waals surface area contributed by atoms with Gasteiger partial charge in [0.25, 0.3) is 0 Å². The molecule has 4 heterocycles. The molecule has 3 aromatic rings. The molecule has 2 aromatic heterocycles. The number of benzene rings is 1. The molecule has 1 saturated heterocycles. The molecule has 186 valence electrons. The van der Waals surface area contributed by atoms with E-state index in [0.29, 0.717) is 36.4 Å². The zero-order chi connectivity index (χ0) is 24.9. The van der Waals surface area contributed by atoms with E-state index in [1.165, 1.54) is 19.1 Å². The number of H-pyrrole nitrogens is 1. The van der Waals surface area contributed by atoms with Crippen LogP contribution in [0.4, 0.5) is 29.3 Å². The zero-order valence-electron chi connectivity index (χ0n) is 19.7. The molecule has 0 bridgehead atoms. The van der Waals surface area contributed by atoms with E-state index in [-0.39, 0.29) is 24.6 Å². The molecule has 11 heteroatoms. The van der Waals surface area contributed by atoms with E-state index in [2.05, 4.69) is 9.97 Å². The summed E-state index contributed by atoms with van der Waals surface area (Å²) in [5.41, 5.74) is 2.30. The van der Waals surface area contributed by atoms with Crippen molar-refractivity contribution in [3.63, 3.8) is 0 Å². The summed E-state index contributed by atoms with van der Waals surface area (Å²) >= 11 is 0. The average molecular weight is 489 g/mol. The van der Waals surface area contributed by atoms with Crippen LogP contribution in [0, 0.1) is 11.6 Å². The van der Waals surface area contributed by atoms with Gasteiger partial charge in [0.2, 0.25) is 0 Å². The minimum Gasteiger partial charge on any atom is -0.493 e. The van der Waals surface area contributed by atoms with Gasteiger partial charge in [0, 0.05) is 61.5 Å². The minimum atomic E-state index is -0.988. The summed E-state index contributed by atoms with van der Waals surface area (Å²) in [6, 6.07) is 2.47. The number of aromatic nitrogens is 2. The maximum atomic E-state index is 15.2. The van der Waals surface area contributed by atoms with Gasteiger partial charge in [-0.1, -0.05) is 0 Å². The van der Waals surface area contributed by atoms with Crippen molar-refractivity contribution in [1.82, 2.24) is 14.9 Å². The van der Waals surface area contributed by atoms with Crippen molar-refractivity contribution in [2.24, 2.45) is 0 Å². The first-order valence-corrected chi connectivity index (χ1v) is 11.4. The van der Waals surface area contributed by atoms with Gasteiger partial charge in [-0.2, -0.15) is 0 Å². The van der Waals surface area contributed by atoms with Gasteiger partial charge in [0.15, 0.2) is 23.1 Å². The van der Waals surface area contributed by atoms with Crippen LogP contribution in [0.2, 0.25) is 0 Å². The van der Waals surface area contributed by atoms with Crippen molar-refractivity contribution in [1.29, 1.82) is 0 Å². The highest BCUT2D eigenvalue weighted by Gasteiger charge is 2.37. The summed E-state index contributed by atoms with van der Waals surface area (Å²) in [5.74, 6) is -2.44. The zero-order valence-corrected chi connectivity index (χ0v) is 19.7. The van der Waals surface area contributed by atoms with E-state index in [0.717, 1.165) is 28.6 Å². The number of rotatable bonds is 7. The van der Waals surface area contributed by atoms with Crippen LogP contribution in [0.1, 0.15) is 18.2 Å². The summed E-state index contributed by atoms with van der Waals surface area (Å²) in [5, 5.41) is 0.753. The van der Waals surface area contributed by atoms with Crippen LogP contribution in [-0.4, -0.2) is 67.5 Å². The van der Waals surface area contributed by atoms with Crippen LogP contribution in [0.3, 0.4) is 0 Å². The minimum absolute atomic E-state index is 0.0794. The van der Waals surface area contributed by atoms with Gasteiger partial charge in [-0.15, -0.1) is 0 Å². The molecule has 2 aliphatic heterocycles. The van der Waals surface area contributed by atoms with E-state index in [9.17, 15) is 9.18 Å². The number of urea groups is 1. The maximum absolute atomic E-state index is 15.2. The number of nitrogens with one attached hydrogen (secondary N) is 1. The number of nitrogens with zero attached hydrogens (tertiary/aromatic N) is 4. The van der Waals surface area contributed by atoms with Gasteiger partial charge >= 0.3 is 6.03 Å². The highest BCUT2D eigenvalue weighted by Crippen LogP contribution is 2.42. The fourth-order valence-corrected chi connectivity index (χ4v) is 4.75. The second-order valence-corrected chi connectivity index (χ2v) is 8.67. The van der Waals surface area contributed by atoms with Gasteiger partial charge in [0.05, 0.1) is 26.5 Å². The monoisotopic (exact) mass is 489 g/mol. The van der Waals surface area contributed by atoms with E-state index in [4.69, 9.17) is 9.47 Å². The van der Waals surface area contributed by atoms with Crippen LogP contribution in [0.5, 0.6) is 11.5 Å². The number of alkyl halides is 1. The number of hydrogen-bond donors (Lipinski definition) is 1. The van der Waals surface area contributed by atoms with Crippen molar-refractivity contribution in [3.05, 3.63) is 41.2 Å². The molecule has 2 aliphatic rings. The Bertz CT molecular complexity index is 1260. The summed E-state index contributed by atoms with van der Waals surface area (Å²) in [7, 11) is 2.51. The second kappa shape index (κ2) is 8.95. The molecule has 0 spiro atoms. The quantitative estimate of drug-likeness (QED) is 0.543. The number of pyridine rings is 1. The Hall–Kier alpha value is -3.47. The number of ether oxygens (including phenoxy) is 2. The number of anilines is 2. The van der Waals surface area contributed by atoms with E-state index in [1.807, 2.05) is 11.0 Å². The van der Waals surface area contributed by atoms with Gasteiger partial charge < -0.3 is 14.5 Å². The number of hydrogen-bond acceptors (Lipinski definition) is 5. The van der Waals surface area contributed by atoms with E-state index >= 15 is 8.78 Å². The number of likely N-dealkylation sites (tertiary alicyclic amines) is 1. The van der Waals surface area contributed by atoms with E-state index in [1.54, 1.807) is 13.1 Å². The van der Waals surface area contributed by atoms with E-state index < -0.39 is 29.5 Å². The standard InChI is InChI=1S/C24H26F3N5O3/c1-4-31-21-13(9-28-23-16(21)7-15(29-23)5-6-30-11-14(25)12-30)10-32(24(31)33)22-19(26)17(34-2)8-18(35-3)20(22)27/h7-9,14H,4-6,10-12H2,1-3H3,(H,28,29). The molecule has 0 radical (unpaired) electrons. The van der Waals surface area contributed by atoms with Crippen molar-refractivity contribution in [2.75, 3.05) is 50.2 Å². The second-order valence-electron chi connectivity index (χ2n) is 8.67. The predicted octanol–water partition coefficient (Wildman–Crippen LogP) is 4.02. The molecule has 1 aromatic carbocycles. The van der Waals surface area contributed by atoms with Crippen molar-refractivity contribution < 1.29 is 27.4 Å². The number of carbonyl (C=O) groups is 1. The van der Waals surface area contributed by atoms with Gasteiger partial charge in [-0.3, -0.25) is 14.7 Å². The highest BCUT2D eigenvalue weighted by atomic mass is 19.1. The Morgan fingerprint density at radius 3 is 2.40 bits per heavy atom. The molecule has 5 rings (SSSR count). The SMILES string of the molecule is CCN1C(=O)N(c2c(F)c(OC)cc(OC)c2F)Cc2cnc3[nH]c(CCN4CC(F)C4)cc3c21. The molecule has 0 atom stereocenters. The van der Waals surface area contributed by atoms with Crippen molar-refractivity contribution >= 4 is 28.4 Å². The van der Waals surface area contributed by atoms with Crippen molar-refractivity contribution in [3.8, 4) is 11.5 Å². The molecule has 1 fully saturated rings. The number of fused-ring (bicyclic) bond motifs is 3. The van der Waals surface area contributed by atoms with Crippen LogP contribution >= 0.6 is 0 Å². The van der Waals surface area contributed by atoms with Crippen LogP contribution in [0.25, 0.3) is 11.0 Å². The molecular formula is C24H26F3N5O3. The lowest BCUT2D eigenvalue weighted by molar-refractivity contribution is 0.0668. The first kappa shape index (κ1) is 23.3. The first-order valence-electron chi connectivity index (χ1n) is 11.4. The normalized spacial score (nSPS) is 16.6. The smallest absolute Gasteiger partial charge is 0.329 e. The Kier molecular flexibility index (Phi) is 5.96. The Morgan fingerprint density at radius 1 is 1.11 bits per heavy atom. The van der Waals surface area contributed by atoms with Crippen molar-refractivity contribution in [2.45, 2.75) is 26.1 Å². The average Bonchev–Trinajstić information content (AvgIpc) is 3.25. The molecule has 0 unspecified atom stereocenters. The number of carbonyl (C=O) groups excluding carboxylic acids is 1. The molecule has 35 heavy (non-hydrogen) atoms. The van der Waals surface area contributed by atoms with Crippen LogP contribution in [0.15, 0.2) is 18.3 Å². The molecular weight excluding hydrogens is 463 g/mol. The lowest BCUT2D eigenvalue weighted by Crippen LogP contribution is -2.48. The van der Waals surface area contributed by atoms with Crippen LogP contribution in [-0.2, 0) is 13.0 Å². The summed E-state index contributed by atoms with van der Waals surface area (Å²) in [4.78, 5) is 25.9. The summed E-state index contributed by atoms with van der Waals surface area (Å²) < 4.78 is 53.6. The largest absolute Gasteiger partial charge is 0.493 e. The fraction of sp³-hybridized carbons (Fsp3) is 0.417. The third-order valence-corrected chi connectivity index (χ3v) is 6.57. The highest BCUT2D eigenvalue weighted by molar-refractivity contribution is 6.11. The third kappa shape index (κ3) is 3.83. The molecule has 1 N–H and O–H groups in total. The summed E-state index contributed by atoms with van der Waals surface area (Å²) in [6.07, 6.45) is 1.54. The number of halogens is 3. The van der Waals surface area contributed by atoms with Crippen LogP contribution < -0.4 is 19.3 Å². The molecule has 0 aliphatic carbocycles. The maximum Gasteiger partial charge on any atom is 0.329 e. The Balaban J connectivity index is 1.53. The summed E-state index contributed by atoms with van der Waals surface area (Å²) in [6.45, 7) is 3.60. The predicted molar refractivity (Wildman–Crippen MR) is 125 cm³/mol. The number of amides is 2. The lowest BCUT2D eigenvalue weighted by atomic mass is 10.1. The Labute approximate surface area is 200 Å². The molecule has 2 amide bonds. The van der Waals surface area contributed by atoms with Gasteiger partial charge in [0.1, 0.15) is 17.5 Å². The fourth-order valence-electron chi connectivity index (χ4n) is 4.75. The van der Waals surface area contributed by atoms with Gasteiger partial charge in [-0.05, 0) is 13.0 Å². The molecule has 0 saturated carbocycles. The van der Waals surface area contributed by atoms with Gasteiger partial charge in [-0.25, -0.2) is 22.9 Å². The topological polar surface area (TPSA) is 73.9 Å². The third-order valence-electron chi connectivity index (χ3n) is 6.57. The number of methoxy groups -OCH3 is 2. The molecule has 8 nitrogen and oxygen atoms in total. The lowest BCUT2D eigenvalue weighted by Gasteiger charge is -2.37. The number of aromatic amines is 1.